The number of amides is 1. The van der Waals surface area contributed by atoms with E-state index in [0.717, 1.165) is 17.7 Å². The third kappa shape index (κ3) is 4.95. The van der Waals surface area contributed by atoms with Crippen LogP contribution in [0.1, 0.15) is 16.7 Å². The van der Waals surface area contributed by atoms with Gasteiger partial charge in [-0.15, -0.1) is 0 Å². The minimum Gasteiger partial charge on any atom is -0.504 e. The number of nitrogens with one attached hydrogen (secondary N) is 1. The van der Waals surface area contributed by atoms with E-state index in [4.69, 9.17) is 10.00 Å². The van der Waals surface area contributed by atoms with Gasteiger partial charge < -0.3 is 20.3 Å². The van der Waals surface area contributed by atoms with Gasteiger partial charge in [0, 0.05) is 6.42 Å². The normalized spacial score (nSPS) is 11.2. The highest BCUT2D eigenvalue weighted by atomic mass is 19.1. The molecule has 0 radical (unpaired) electrons. The predicted octanol–water partition coefficient (Wildman–Crippen LogP) is 2.33. The van der Waals surface area contributed by atoms with Gasteiger partial charge in [-0.3, -0.25) is 0 Å². The molecule has 0 spiro atoms. The van der Waals surface area contributed by atoms with Crippen LogP contribution in [0.2, 0.25) is 0 Å². The number of phenolic OH excluding ortho intramolecular Hbond substituents is 1. The molecule has 0 aliphatic rings. The number of aliphatic carboxylic acids is 1. The zero-order chi connectivity index (χ0) is 19.1. The Morgan fingerprint density at radius 3 is 2.54 bits per heavy atom. The number of carbonyl (C=O) groups is 2. The number of phenols is 1. The molecule has 2 aromatic rings. The Kier molecular flexibility index (Phi) is 6.11. The molecule has 8 heteroatoms. The van der Waals surface area contributed by atoms with Crippen molar-refractivity contribution in [1.82, 2.24) is 5.32 Å². The number of halogens is 1. The second-order valence-corrected chi connectivity index (χ2v) is 5.39. The molecule has 2 rings (SSSR count). The Bertz CT molecular complexity index is 849. The zero-order valence-electron chi connectivity index (χ0n) is 13.5. The largest absolute Gasteiger partial charge is 0.504 e. The minimum absolute atomic E-state index is 0.0363. The van der Waals surface area contributed by atoms with Crippen LogP contribution in [0.4, 0.5) is 9.18 Å². The van der Waals surface area contributed by atoms with Crippen LogP contribution in [0.5, 0.6) is 5.75 Å². The lowest BCUT2D eigenvalue weighted by Crippen LogP contribution is -2.42. The molecule has 1 amide bonds. The summed E-state index contributed by atoms with van der Waals surface area (Å²) in [4.78, 5) is 23.1. The standard InChI is InChI=1S/C18H15FN2O5/c19-14-7-12(6-13(9-20)16(14)22)8-15(17(23)24)21-18(25)26-10-11-4-2-1-3-5-11/h1-7,15,22H,8,10H2,(H,21,25)(H,23,24). The molecule has 3 N–H and O–H groups in total. The highest BCUT2D eigenvalue weighted by molar-refractivity contribution is 5.80. The molecule has 1 atom stereocenters. The molecule has 0 fully saturated rings. The van der Waals surface area contributed by atoms with Gasteiger partial charge in [-0.2, -0.15) is 5.26 Å². The van der Waals surface area contributed by atoms with E-state index < -0.39 is 29.7 Å². The summed E-state index contributed by atoms with van der Waals surface area (Å²) in [6.07, 6.45) is -1.23. The molecule has 0 bridgehead atoms. The number of hydrogen-bond acceptors (Lipinski definition) is 5. The SMILES string of the molecule is N#Cc1cc(CC(NC(=O)OCc2ccccc2)C(=O)O)cc(F)c1O. The van der Waals surface area contributed by atoms with Crippen LogP contribution < -0.4 is 5.32 Å². The number of hydrogen-bond donors (Lipinski definition) is 3. The fourth-order valence-electron chi connectivity index (χ4n) is 2.20. The summed E-state index contributed by atoms with van der Waals surface area (Å²) in [6.45, 7) is -0.0363. The van der Waals surface area contributed by atoms with Gasteiger partial charge in [-0.05, 0) is 23.3 Å². The number of carboxylic acids is 1. The van der Waals surface area contributed by atoms with Gasteiger partial charge in [-0.25, -0.2) is 14.0 Å². The Balaban J connectivity index is 2.03. The summed E-state index contributed by atoms with van der Waals surface area (Å²) in [6, 6.07) is 11.1. The molecule has 7 nitrogen and oxygen atoms in total. The van der Waals surface area contributed by atoms with Crippen molar-refractivity contribution in [1.29, 1.82) is 5.26 Å². The molecule has 0 saturated carbocycles. The molecule has 0 aliphatic carbocycles. The van der Waals surface area contributed by atoms with Gasteiger partial charge in [0.15, 0.2) is 11.6 Å². The predicted molar refractivity (Wildman–Crippen MR) is 87.7 cm³/mol. The second kappa shape index (κ2) is 8.48. The van der Waals surface area contributed by atoms with E-state index in [1.54, 1.807) is 36.4 Å². The summed E-state index contributed by atoms with van der Waals surface area (Å²) in [5.41, 5.74) is 0.539. The van der Waals surface area contributed by atoms with E-state index in [9.17, 15) is 24.2 Å². The maximum atomic E-state index is 13.6. The van der Waals surface area contributed by atoms with Crippen LogP contribution in [0.15, 0.2) is 42.5 Å². The quantitative estimate of drug-likeness (QED) is 0.729. The van der Waals surface area contributed by atoms with E-state index in [-0.39, 0.29) is 24.2 Å². The van der Waals surface area contributed by atoms with Crippen molar-refractivity contribution in [3.05, 3.63) is 65.0 Å². The lowest BCUT2D eigenvalue weighted by molar-refractivity contribution is -0.139. The fourth-order valence-corrected chi connectivity index (χ4v) is 2.20. The maximum absolute atomic E-state index is 13.6. The molecular weight excluding hydrogens is 343 g/mol. The monoisotopic (exact) mass is 358 g/mol. The number of nitrogens with zero attached hydrogens (tertiary/aromatic N) is 1. The number of benzene rings is 2. The first-order valence-electron chi connectivity index (χ1n) is 7.52. The second-order valence-electron chi connectivity index (χ2n) is 5.39. The molecule has 0 aromatic heterocycles. The van der Waals surface area contributed by atoms with Crippen molar-refractivity contribution in [2.24, 2.45) is 0 Å². The third-order valence-corrected chi connectivity index (χ3v) is 3.49. The van der Waals surface area contributed by atoms with Crippen LogP contribution in [0.3, 0.4) is 0 Å². The van der Waals surface area contributed by atoms with Gasteiger partial charge in [-0.1, -0.05) is 30.3 Å². The van der Waals surface area contributed by atoms with Crippen molar-refractivity contribution in [2.45, 2.75) is 19.1 Å². The van der Waals surface area contributed by atoms with Gasteiger partial charge in [0.05, 0.1) is 5.56 Å². The Morgan fingerprint density at radius 2 is 1.92 bits per heavy atom. The molecule has 26 heavy (non-hydrogen) atoms. The van der Waals surface area contributed by atoms with E-state index in [0.29, 0.717) is 0 Å². The first kappa shape index (κ1) is 18.7. The van der Waals surface area contributed by atoms with E-state index in [1.807, 2.05) is 0 Å². The lowest BCUT2D eigenvalue weighted by atomic mass is 10.0. The van der Waals surface area contributed by atoms with Crippen molar-refractivity contribution in [2.75, 3.05) is 0 Å². The maximum Gasteiger partial charge on any atom is 0.408 e. The number of alkyl carbamates (subject to hydrolysis) is 1. The Hall–Kier alpha value is -3.60. The smallest absolute Gasteiger partial charge is 0.408 e. The fraction of sp³-hybridized carbons (Fsp3) is 0.167. The topological polar surface area (TPSA) is 120 Å². The highest BCUT2D eigenvalue weighted by Crippen LogP contribution is 2.23. The summed E-state index contributed by atoms with van der Waals surface area (Å²) in [7, 11) is 0. The molecule has 134 valence electrons. The molecule has 0 heterocycles. The number of aromatic hydroxyl groups is 1. The average Bonchev–Trinajstić information content (AvgIpc) is 2.63. The van der Waals surface area contributed by atoms with Crippen molar-refractivity contribution >= 4 is 12.1 Å². The number of rotatable bonds is 6. The minimum atomic E-state index is -1.39. The van der Waals surface area contributed by atoms with Gasteiger partial charge in [0.25, 0.3) is 0 Å². The molecular formula is C18H15FN2O5. The van der Waals surface area contributed by atoms with E-state index in [2.05, 4.69) is 5.32 Å². The number of carboxylic acid groups (broad SMARTS) is 1. The van der Waals surface area contributed by atoms with Crippen LogP contribution in [0.25, 0.3) is 0 Å². The number of nitriles is 1. The van der Waals surface area contributed by atoms with Gasteiger partial charge >= 0.3 is 12.1 Å². The van der Waals surface area contributed by atoms with Crippen LogP contribution in [0, 0.1) is 17.1 Å². The summed E-state index contributed by atoms with van der Waals surface area (Å²) in [5.74, 6) is -3.21. The van der Waals surface area contributed by atoms with Crippen LogP contribution >= 0.6 is 0 Å². The zero-order valence-corrected chi connectivity index (χ0v) is 13.5. The van der Waals surface area contributed by atoms with Gasteiger partial charge in [0.1, 0.15) is 18.7 Å². The van der Waals surface area contributed by atoms with Crippen molar-refractivity contribution < 1.29 is 28.9 Å². The van der Waals surface area contributed by atoms with Crippen LogP contribution in [-0.2, 0) is 22.6 Å². The Morgan fingerprint density at radius 1 is 1.23 bits per heavy atom. The number of carbonyl (C=O) groups excluding carboxylic acids is 1. The Labute approximate surface area is 148 Å². The molecule has 2 aromatic carbocycles. The van der Waals surface area contributed by atoms with Gasteiger partial charge in [0.2, 0.25) is 0 Å². The summed E-state index contributed by atoms with van der Waals surface area (Å²) < 4.78 is 18.5. The first-order valence-corrected chi connectivity index (χ1v) is 7.52. The summed E-state index contributed by atoms with van der Waals surface area (Å²) in [5, 5.41) is 29.7. The van der Waals surface area contributed by atoms with Crippen molar-refractivity contribution in [3.63, 3.8) is 0 Å². The average molecular weight is 358 g/mol. The summed E-state index contributed by atoms with van der Waals surface area (Å²) >= 11 is 0. The van der Waals surface area contributed by atoms with Crippen molar-refractivity contribution in [3.8, 4) is 11.8 Å². The highest BCUT2D eigenvalue weighted by Gasteiger charge is 2.22. The van der Waals surface area contributed by atoms with Crippen LogP contribution in [-0.4, -0.2) is 28.3 Å². The first-order chi connectivity index (χ1) is 12.4. The van der Waals surface area contributed by atoms with E-state index in [1.165, 1.54) is 0 Å². The molecule has 0 aliphatic heterocycles. The van der Waals surface area contributed by atoms with E-state index >= 15 is 0 Å². The number of ether oxygens (including phenoxy) is 1. The molecule has 0 saturated heterocycles. The lowest BCUT2D eigenvalue weighted by Gasteiger charge is -2.15. The third-order valence-electron chi connectivity index (χ3n) is 3.49. The molecule has 1 unspecified atom stereocenters.